The zero-order chi connectivity index (χ0) is 12.3. The molecule has 4 nitrogen and oxygen atoms in total. The molecule has 0 atom stereocenters. The van der Waals surface area contributed by atoms with Crippen molar-refractivity contribution in [1.29, 1.82) is 0 Å². The van der Waals surface area contributed by atoms with Crippen LogP contribution in [0.25, 0.3) is 0 Å². The monoisotopic (exact) mass is 254 g/mol. The van der Waals surface area contributed by atoms with Crippen LogP contribution in [0.1, 0.15) is 44.9 Å². The molecule has 1 aliphatic rings. The first-order valence-corrected chi connectivity index (χ1v) is 7.37. The van der Waals surface area contributed by atoms with E-state index in [-0.39, 0.29) is 0 Å². The van der Waals surface area contributed by atoms with Crippen molar-refractivity contribution in [3.05, 3.63) is 5.82 Å². The number of hydrogen-bond donors (Lipinski definition) is 1. The molecule has 1 aromatic heterocycles. The number of thioether (sulfide) groups is 1. The highest BCUT2D eigenvalue weighted by molar-refractivity contribution is 7.99. The molecular weight excluding hydrogens is 232 g/mol. The Labute approximate surface area is 107 Å². The topological polar surface area (TPSA) is 56.7 Å². The third kappa shape index (κ3) is 3.01. The Morgan fingerprint density at radius 3 is 2.53 bits per heavy atom. The highest BCUT2D eigenvalue weighted by atomic mass is 32.2. The standard InChI is InChI=1S/C12H22N4S/c1-3-9-4-6-10(7-5-9)17-12-15-14-11(8-13)16(12)2/h9-10H,3-8,13H2,1-2H3. The van der Waals surface area contributed by atoms with Gasteiger partial charge >= 0.3 is 0 Å². The van der Waals surface area contributed by atoms with Crippen molar-refractivity contribution in [2.75, 3.05) is 0 Å². The van der Waals surface area contributed by atoms with Gasteiger partial charge in [0.2, 0.25) is 0 Å². The van der Waals surface area contributed by atoms with Crippen molar-refractivity contribution in [3.8, 4) is 0 Å². The average molecular weight is 254 g/mol. The fraction of sp³-hybridized carbons (Fsp3) is 0.833. The van der Waals surface area contributed by atoms with Crippen molar-refractivity contribution in [3.63, 3.8) is 0 Å². The third-order valence-corrected chi connectivity index (χ3v) is 5.12. The highest BCUT2D eigenvalue weighted by Gasteiger charge is 2.22. The molecule has 0 aliphatic heterocycles. The van der Waals surface area contributed by atoms with Crippen molar-refractivity contribution in [1.82, 2.24) is 14.8 Å². The zero-order valence-electron chi connectivity index (χ0n) is 10.7. The molecule has 0 radical (unpaired) electrons. The highest BCUT2D eigenvalue weighted by Crippen LogP contribution is 2.36. The predicted molar refractivity (Wildman–Crippen MR) is 70.8 cm³/mol. The molecule has 2 rings (SSSR count). The molecule has 0 saturated heterocycles. The van der Waals surface area contributed by atoms with E-state index in [0.29, 0.717) is 11.8 Å². The molecular formula is C12H22N4S. The maximum absolute atomic E-state index is 5.60. The van der Waals surface area contributed by atoms with Crippen molar-refractivity contribution < 1.29 is 0 Å². The lowest BCUT2D eigenvalue weighted by molar-refractivity contribution is 0.356. The van der Waals surface area contributed by atoms with Crippen LogP contribution in [0, 0.1) is 5.92 Å². The number of nitrogens with two attached hydrogens (primary N) is 1. The first kappa shape index (κ1) is 12.9. The summed E-state index contributed by atoms with van der Waals surface area (Å²) >= 11 is 1.87. The molecule has 0 bridgehead atoms. The largest absolute Gasteiger partial charge is 0.324 e. The van der Waals surface area contributed by atoms with Crippen LogP contribution in [0.3, 0.4) is 0 Å². The van der Waals surface area contributed by atoms with Gasteiger partial charge in [-0.25, -0.2) is 0 Å². The van der Waals surface area contributed by atoms with E-state index in [0.717, 1.165) is 16.9 Å². The molecule has 0 aromatic carbocycles. The molecule has 5 heteroatoms. The van der Waals surface area contributed by atoms with E-state index in [1.807, 2.05) is 23.4 Å². The number of hydrogen-bond acceptors (Lipinski definition) is 4. The molecule has 96 valence electrons. The normalized spacial score (nSPS) is 25.1. The minimum atomic E-state index is 0.465. The third-order valence-electron chi connectivity index (χ3n) is 3.75. The van der Waals surface area contributed by atoms with E-state index >= 15 is 0 Å². The van der Waals surface area contributed by atoms with E-state index in [2.05, 4.69) is 17.1 Å². The van der Waals surface area contributed by atoms with Crippen LogP contribution in [0.15, 0.2) is 5.16 Å². The summed E-state index contributed by atoms with van der Waals surface area (Å²) in [6.45, 7) is 2.76. The van der Waals surface area contributed by atoms with Crippen LogP contribution < -0.4 is 5.73 Å². The van der Waals surface area contributed by atoms with Gasteiger partial charge in [0.1, 0.15) is 5.82 Å². The smallest absolute Gasteiger partial charge is 0.191 e. The first-order valence-electron chi connectivity index (χ1n) is 6.49. The van der Waals surface area contributed by atoms with E-state index < -0.39 is 0 Å². The Morgan fingerprint density at radius 1 is 1.29 bits per heavy atom. The van der Waals surface area contributed by atoms with Gasteiger partial charge in [0.05, 0.1) is 6.54 Å². The van der Waals surface area contributed by atoms with Gasteiger partial charge in [0, 0.05) is 12.3 Å². The molecule has 2 N–H and O–H groups in total. The van der Waals surface area contributed by atoms with Gasteiger partial charge < -0.3 is 10.3 Å². The SMILES string of the molecule is CCC1CCC(Sc2nnc(CN)n2C)CC1. The van der Waals surface area contributed by atoms with Crippen LogP contribution in [0.4, 0.5) is 0 Å². The fourth-order valence-electron chi connectivity index (χ4n) is 2.43. The molecule has 1 aromatic rings. The number of nitrogens with zero attached hydrogens (tertiary/aromatic N) is 3. The lowest BCUT2D eigenvalue weighted by Crippen LogP contribution is -2.16. The molecule has 1 fully saturated rings. The number of rotatable bonds is 4. The summed E-state index contributed by atoms with van der Waals surface area (Å²) < 4.78 is 2.02. The van der Waals surface area contributed by atoms with Crippen molar-refractivity contribution in [2.45, 2.75) is 56.0 Å². The average Bonchev–Trinajstić information content (AvgIpc) is 2.71. The van der Waals surface area contributed by atoms with Gasteiger partial charge in [-0.05, 0) is 31.6 Å². The Morgan fingerprint density at radius 2 is 2.00 bits per heavy atom. The summed E-state index contributed by atoms with van der Waals surface area (Å²) in [7, 11) is 2.00. The van der Waals surface area contributed by atoms with Crippen molar-refractivity contribution in [2.24, 2.45) is 18.7 Å². The molecule has 1 aliphatic carbocycles. The second kappa shape index (κ2) is 5.87. The molecule has 0 spiro atoms. The Bertz CT molecular complexity index is 355. The van der Waals surface area contributed by atoms with Crippen molar-refractivity contribution >= 4 is 11.8 Å². The van der Waals surface area contributed by atoms with E-state index in [4.69, 9.17) is 5.73 Å². The second-order valence-electron chi connectivity index (χ2n) is 4.83. The van der Waals surface area contributed by atoms with Crippen LogP contribution >= 0.6 is 11.8 Å². The van der Waals surface area contributed by atoms with E-state index in [1.54, 1.807) is 0 Å². The molecule has 0 amide bonds. The Balaban J connectivity index is 1.91. The van der Waals surface area contributed by atoms with Crippen LogP contribution in [0.2, 0.25) is 0 Å². The second-order valence-corrected chi connectivity index (χ2v) is 6.10. The lowest BCUT2D eigenvalue weighted by Gasteiger charge is -2.26. The zero-order valence-corrected chi connectivity index (χ0v) is 11.5. The van der Waals surface area contributed by atoms with Gasteiger partial charge in [-0.2, -0.15) is 0 Å². The maximum atomic E-state index is 5.60. The summed E-state index contributed by atoms with van der Waals surface area (Å²) in [6.07, 6.45) is 6.70. The summed E-state index contributed by atoms with van der Waals surface area (Å²) in [5.74, 6) is 1.82. The van der Waals surface area contributed by atoms with Gasteiger partial charge in [-0.3, -0.25) is 0 Å². The Kier molecular flexibility index (Phi) is 4.45. The molecule has 17 heavy (non-hydrogen) atoms. The maximum Gasteiger partial charge on any atom is 0.191 e. The predicted octanol–water partition coefficient (Wildman–Crippen LogP) is 2.33. The summed E-state index contributed by atoms with van der Waals surface area (Å²) in [6, 6.07) is 0. The lowest BCUT2D eigenvalue weighted by atomic mass is 9.87. The summed E-state index contributed by atoms with van der Waals surface area (Å²) in [5.41, 5.74) is 5.60. The van der Waals surface area contributed by atoms with Gasteiger partial charge in [-0.15, -0.1) is 10.2 Å². The minimum absolute atomic E-state index is 0.465. The summed E-state index contributed by atoms with van der Waals surface area (Å²) in [5, 5.41) is 10.0. The minimum Gasteiger partial charge on any atom is -0.324 e. The van der Waals surface area contributed by atoms with Crippen LogP contribution in [-0.4, -0.2) is 20.0 Å². The molecule has 0 unspecified atom stereocenters. The van der Waals surface area contributed by atoms with E-state index in [1.165, 1.54) is 32.1 Å². The van der Waals surface area contributed by atoms with Gasteiger partial charge in [-0.1, -0.05) is 25.1 Å². The van der Waals surface area contributed by atoms with E-state index in [9.17, 15) is 0 Å². The van der Waals surface area contributed by atoms with Crippen LogP contribution in [0.5, 0.6) is 0 Å². The summed E-state index contributed by atoms with van der Waals surface area (Å²) in [4.78, 5) is 0. The first-order chi connectivity index (χ1) is 8.24. The quantitative estimate of drug-likeness (QED) is 0.896. The van der Waals surface area contributed by atoms with Gasteiger partial charge in [0.15, 0.2) is 5.16 Å². The molecule has 1 heterocycles. The number of aromatic nitrogens is 3. The Hall–Kier alpha value is -0.550. The van der Waals surface area contributed by atoms with Crippen LogP contribution in [-0.2, 0) is 13.6 Å². The molecule has 1 saturated carbocycles. The fourth-order valence-corrected chi connectivity index (χ4v) is 3.59. The van der Waals surface area contributed by atoms with Gasteiger partial charge in [0.25, 0.3) is 0 Å².